The largest absolute Gasteiger partial charge is 0.465 e. The summed E-state index contributed by atoms with van der Waals surface area (Å²) in [6, 6.07) is 19.2. The number of para-hydroxylation sites is 1. The number of halogens is 2. The van der Waals surface area contributed by atoms with Crippen LogP contribution in [0.2, 0.25) is 5.02 Å². The maximum atomic E-state index is 13.4. The molecule has 10 heteroatoms. The van der Waals surface area contributed by atoms with Crippen molar-refractivity contribution in [1.82, 2.24) is 4.31 Å². The van der Waals surface area contributed by atoms with E-state index in [1.165, 1.54) is 31.4 Å². The standard InChI is InChI=1S/C23H20BrClN2O5S/c1-32-23(29)19-7-3-5-9-21(19)26-22(28)15-27(14-16-6-2-4-8-20(16)25)33(30,31)18-12-10-17(24)11-13-18/h2-13H,14-15H2,1H3,(H,26,28). The summed E-state index contributed by atoms with van der Waals surface area (Å²) in [6.07, 6.45) is 0. The second kappa shape index (κ2) is 10.9. The quantitative estimate of drug-likeness (QED) is 0.409. The van der Waals surface area contributed by atoms with Crippen molar-refractivity contribution in [2.75, 3.05) is 19.0 Å². The minimum atomic E-state index is -4.05. The van der Waals surface area contributed by atoms with E-state index in [1.54, 1.807) is 48.5 Å². The molecule has 0 radical (unpaired) electrons. The van der Waals surface area contributed by atoms with Crippen molar-refractivity contribution in [3.8, 4) is 0 Å². The average molecular weight is 552 g/mol. The van der Waals surface area contributed by atoms with Crippen LogP contribution in [0.15, 0.2) is 82.2 Å². The van der Waals surface area contributed by atoms with Crippen LogP contribution in [-0.2, 0) is 26.1 Å². The predicted molar refractivity (Wildman–Crippen MR) is 130 cm³/mol. The van der Waals surface area contributed by atoms with E-state index in [0.717, 1.165) is 8.78 Å². The van der Waals surface area contributed by atoms with E-state index in [4.69, 9.17) is 16.3 Å². The first kappa shape index (κ1) is 24.9. The fourth-order valence-corrected chi connectivity index (χ4v) is 4.86. The number of amides is 1. The van der Waals surface area contributed by atoms with Crippen LogP contribution in [0.1, 0.15) is 15.9 Å². The number of rotatable bonds is 8. The maximum Gasteiger partial charge on any atom is 0.339 e. The SMILES string of the molecule is COC(=O)c1ccccc1NC(=O)CN(Cc1ccccc1Cl)S(=O)(=O)c1ccc(Br)cc1. The summed E-state index contributed by atoms with van der Waals surface area (Å²) in [5.41, 5.74) is 0.914. The normalized spacial score (nSPS) is 11.3. The van der Waals surface area contributed by atoms with Gasteiger partial charge in [0.1, 0.15) is 0 Å². The summed E-state index contributed by atoms with van der Waals surface area (Å²) in [4.78, 5) is 24.9. The molecule has 1 amide bonds. The number of benzene rings is 3. The second-order valence-electron chi connectivity index (χ2n) is 6.90. The molecule has 0 aliphatic heterocycles. The monoisotopic (exact) mass is 550 g/mol. The van der Waals surface area contributed by atoms with E-state index < -0.39 is 28.4 Å². The molecule has 0 unspecified atom stereocenters. The zero-order valence-electron chi connectivity index (χ0n) is 17.5. The number of carbonyl (C=O) groups is 2. The molecule has 3 aromatic rings. The predicted octanol–water partition coefficient (Wildman–Crippen LogP) is 4.72. The Morgan fingerprint density at radius 2 is 1.64 bits per heavy atom. The van der Waals surface area contributed by atoms with Gasteiger partial charge in [-0.15, -0.1) is 0 Å². The number of hydrogen-bond acceptors (Lipinski definition) is 5. The molecule has 0 saturated heterocycles. The first-order valence-corrected chi connectivity index (χ1v) is 12.3. The van der Waals surface area contributed by atoms with Crippen LogP contribution in [-0.4, -0.2) is 38.3 Å². The molecule has 7 nitrogen and oxygen atoms in total. The van der Waals surface area contributed by atoms with Gasteiger partial charge in [0.25, 0.3) is 0 Å². The molecule has 3 rings (SSSR count). The Labute approximate surface area is 205 Å². The molecule has 0 aliphatic rings. The van der Waals surface area contributed by atoms with Crippen molar-refractivity contribution in [3.63, 3.8) is 0 Å². The van der Waals surface area contributed by atoms with E-state index in [0.29, 0.717) is 10.6 Å². The fraction of sp³-hybridized carbons (Fsp3) is 0.130. The van der Waals surface area contributed by atoms with Crippen LogP contribution < -0.4 is 5.32 Å². The lowest BCUT2D eigenvalue weighted by molar-refractivity contribution is -0.116. The highest BCUT2D eigenvalue weighted by atomic mass is 79.9. The Morgan fingerprint density at radius 3 is 2.30 bits per heavy atom. The number of esters is 1. The molecule has 0 bridgehead atoms. The number of nitrogens with one attached hydrogen (secondary N) is 1. The van der Waals surface area contributed by atoms with Gasteiger partial charge in [-0.2, -0.15) is 4.31 Å². The second-order valence-corrected chi connectivity index (χ2v) is 10.2. The van der Waals surface area contributed by atoms with Gasteiger partial charge < -0.3 is 10.1 Å². The first-order chi connectivity index (χ1) is 15.7. The van der Waals surface area contributed by atoms with Crippen molar-refractivity contribution < 1.29 is 22.7 Å². The Balaban J connectivity index is 1.92. The van der Waals surface area contributed by atoms with Gasteiger partial charge in [-0.1, -0.05) is 57.9 Å². The lowest BCUT2D eigenvalue weighted by atomic mass is 10.2. The molecule has 0 spiro atoms. The summed E-state index contributed by atoms with van der Waals surface area (Å²) in [5, 5.41) is 2.98. The lowest BCUT2D eigenvalue weighted by Crippen LogP contribution is -2.37. The van der Waals surface area contributed by atoms with Crippen molar-refractivity contribution in [2.24, 2.45) is 0 Å². The van der Waals surface area contributed by atoms with Crippen molar-refractivity contribution in [2.45, 2.75) is 11.4 Å². The summed E-state index contributed by atoms with van der Waals surface area (Å²) in [7, 11) is -2.82. The van der Waals surface area contributed by atoms with Crippen LogP contribution in [0.4, 0.5) is 5.69 Å². The van der Waals surface area contributed by atoms with Gasteiger partial charge in [-0.25, -0.2) is 13.2 Å². The smallest absolute Gasteiger partial charge is 0.339 e. The molecule has 0 aliphatic carbocycles. The number of nitrogens with zero attached hydrogens (tertiary/aromatic N) is 1. The molecule has 172 valence electrons. The third kappa shape index (κ3) is 6.20. The third-order valence-electron chi connectivity index (χ3n) is 4.68. The molecular weight excluding hydrogens is 532 g/mol. The van der Waals surface area contributed by atoms with Crippen LogP contribution in [0.5, 0.6) is 0 Å². The summed E-state index contributed by atoms with van der Waals surface area (Å²) in [6.45, 7) is -0.622. The van der Waals surface area contributed by atoms with Gasteiger partial charge in [0.2, 0.25) is 15.9 Å². The Bertz CT molecular complexity index is 1270. The zero-order chi connectivity index (χ0) is 24.0. The lowest BCUT2D eigenvalue weighted by Gasteiger charge is -2.23. The molecule has 33 heavy (non-hydrogen) atoms. The van der Waals surface area contributed by atoms with E-state index in [-0.39, 0.29) is 22.7 Å². The highest BCUT2D eigenvalue weighted by molar-refractivity contribution is 9.10. The Morgan fingerprint density at radius 1 is 1.00 bits per heavy atom. The van der Waals surface area contributed by atoms with Gasteiger partial charge in [-0.05, 0) is 48.0 Å². The van der Waals surface area contributed by atoms with Crippen molar-refractivity contribution in [1.29, 1.82) is 0 Å². The number of methoxy groups -OCH3 is 1. The van der Waals surface area contributed by atoms with Gasteiger partial charge >= 0.3 is 5.97 Å². The van der Waals surface area contributed by atoms with Crippen LogP contribution in [0.25, 0.3) is 0 Å². The molecular formula is C23H20BrClN2O5S. The van der Waals surface area contributed by atoms with Gasteiger partial charge in [0.05, 0.1) is 29.8 Å². The summed E-state index contributed by atoms with van der Waals surface area (Å²) in [5.74, 6) is -1.25. The highest BCUT2D eigenvalue weighted by Gasteiger charge is 2.28. The summed E-state index contributed by atoms with van der Waals surface area (Å²) < 4.78 is 33.3. The van der Waals surface area contributed by atoms with Crippen molar-refractivity contribution >= 4 is 55.1 Å². The molecule has 0 fully saturated rings. The van der Waals surface area contributed by atoms with E-state index >= 15 is 0 Å². The highest BCUT2D eigenvalue weighted by Crippen LogP contribution is 2.24. The van der Waals surface area contributed by atoms with Crippen LogP contribution >= 0.6 is 27.5 Å². The number of sulfonamides is 1. The molecule has 0 saturated carbocycles. The maximum absolute atomic E-state index is 13.4. The Hall–Kier alpha value is -2.72. The van der Waals surface area contributed by atoms with Gasteiger partial charge in [0.15, 0.2) is 0 Å². The summed E-state index contributed by atoms with van der Waals surface area (Å²) >= 11 is 9.53. The number of ether oxygens (including phenoxy) is 1. The molecule has 0 atom stereocenters. The van der Waals surface area contributed by atoms with Crippen LogP contribution in [0.3, 0.4) is 0 Å². The number of anilines is 1. The molecule has 1 N–H and O–H groups in total. The topological polar surface area (TPSA) is 92.8 Å². The minimum Gasteiger partial charge on any atom is -0.465 e. The molecule has 3 aromatic carbocycles. The minimum absolute atomic E-state index is 0.0283. The van der Waals surface area contributed by atoms with E-state index in [2.05, 4.69) is 21.2 Å². The number of carbonyl (C=O) groups excluding carboxylic acids is 2. The van der Waals surface area contributed by atoms with Gasteiger partial charge in [-0.3, -0.25) is 4.79 Å². The van der Waals surface area contributed by atoms with Crippen LogP contribution in [0, 0.1) is 0 Å². The molecule has 0 heterocycles. The first-order valence-electron chi connectivity index (χ1n) is 9.68. The van der Waals surface area contributed by atoms with Crippen molar-refractivity contribution in [3.05, 3.63) is 93.4 Å². The van der Waals surface area contributed by atoms with E-state index in [9.17, 15) is 18.0 Å². The number of hydrogen-bond donors (Lipinski definition) is 1. The van der Waals surface area contributed by atoms with E-state index in [1.807, 2.05) is 0 Å². The third-order valence-corrected chi connectivity index (χ3v) is 7.39. The fourth-order valence-electron chi connectivity index (χ4n) is 3.03. The average Bonchev–Trinajstić information content (AvgIpc) is 2.80. The van der Waals surface area contributed by atoms with Gasteiger partial charge in [0, 0.05) is 16.0 Å². The molecule has 0 aromatic heterocycles. The Kier molecular flexibility index (Phi) is 8.25. The zero-order valence-corrected chi connectivity index (χ0v) is 20.7.